The molecular formula is C19H22FN3O2. The molecule has 0 saturated heterocycles. The largest absolute Gasteiger partial charge is 0.493 e. The average molecular weight is 343 g/mol. The van der Waals surface area contributed by atoms with Gasteiger partial charge in [0.05, 0.1) is 31.3 Å². The highest BCUT2D eigenvalue weighted by Gasteiger charge is 2.19. The summed E-state index contributed by atoms with van der Waals surface area (Å²) in [5.41, 5.74) is 8.94. The molecule has 0 aliphatic rings. The van der Waals surface area contributed by atoms with Gasteiger partial charge in [0.15, 0.2) is 11.5 Å². The molecule has 0 spiro atoms. The summed E-state index contributed by atoms with van der Waals surface area (Å²) in [5, 5.41) is 0. The standard InChI is InChI=1S/C19H22FN3O2/c1-4-14(21)19-22-15-9-17(24-2)18(25-3)10-16(15)23(19)11-12-5-7-13(20)8-6-12/h5-10,14H,4,11,21H2,1-3H3. The number of nitrogens with two attached hydrogens (primary N) is 1. The fourth-order valence-corrected chi connectivity index (χ4v) is 2.87. The van der Waals surface area contributed by atoms with Crippen LogP contribution in [0, 0.1) is 5.82 Å². The first-order valence-corrected chi connectivity index (χ1v) is 8.19. The van der Waals surface area contributed by atoms with Crippen molar-refractivity contribution in [2.45, 2.75) is 25.9 Å². The van der Waals surface area contributed by atoms with Crippen LogP contribution in [0.25, 0.3) is 11.0 Å². The van der Waals surface area contributed by atoms with Gasteiger partial charge in [-0.25, -0.2) is 9.37 Å². The van der Waals surface area contributed by atoms with E-state index in [2.05, 4.69) is 4.57 Å². The van der Waals surface area contributed by atoms with Crippen LogP contribution in [0.5, 0.6) is 11.5 Å². The number of aromatic nitrogens is 2. The summed E-state index contributed by atoms with van der Waals surface area (Å²) in [6.45, 7) is 2.57. The molecule has 2 N–H and O–H groups in total. The second-order valence-electron chi connectivity index (χ2n) is 5.89. The smallest absolute Gasteiger partial charge is 0.163 e. The van der Waals surface area contributed by atoms with E-state index in [1.807, 2.05) is 19.1 Å². The molecule has 0 saturated carbocycles. The third kappa shape index (κ3) is 3.30. The number of halogens is 1. The first kappa shape index (κ1) is 17.2. The van der Waals surface area contributed by atoms with Crippen LogP contribution in [-0.4, -0.2) is 23.8 Å². The predicted octanol–water partition coefficient (Wildman–Crippen LogP) is 3.65. The number of methoxy groups -OCH3 is 2. The number of fused-ring (bicyclic) bond motifs is 1. The summed E-state index contributed by atoms with van der Waals surface area (Å²) in [7, 11) is 3.20. The maximum absolute atomic E-state index is 13.2. The lowest BCUT2D eigenvalue weighted by molar-refractivity contribution is 0.355. The Kier molecular flexibility index (Phi) is 4.90. The van der Waals surface area contributed by atoms with Gasteiger partial charge >= 0.3 is 0 Å². The molecule has 0 bridgehead atoms. The van der Waals surface area contributed by atoms with Crippen LogP contribution >= 0.6 is 0 Å². The Balaban J connectivity index is 2.16. The van der Waals surface area contributed by atoms with Gasteiger partial charge < -0.3 is 19.8 Å². The van der Waals surface area contributed by atoms with Gasteiger partial charge in [0.25, 0.3) is 0 Å². The van der Waals surface area contributed by atoms with Crippen molar-refractivity contribution in [3.05, 3.63) is 53.6 Å². The molecule has 3 aromatic rings. The highest BCUT2D eigenvalue weighted by atomic mass is 19.1. The second kappa shape index (κ2) is 7.11. The summed E-state index contributed by atoms with van der Waals surface area (Å²) < 4.78 is 26.0. The zero-order valence-corrected chi connectivity index (χ0v) is 14.6. The molecule has 0 amide bonds. The Morgan fingerprint density at radius 2 is 1.76 bits per heavy atom. The zero-order valence-electron chi connectivity index (χ0n) is 14.6. The number of hydrogen-bond acceptors (Lipinski definition) is 4. The van der Waals surface area contributed by atoms with Crippen molar-refractivity contribution in [2.24, 2.45) is 5.73 Å². The Hall–Kier alpha value is -2.60. The first-order chi connectivity index (χ1) is 12.1. The van der Waals surface area contributed by atoms with Crippen molar-refractivity contribution in [1.29, 1.82) is 0 Å². The van der Waals surface area contributed by atoms with Crippen molar-refractivity contribution in [1.82, 2.24) is 9.55 Å². The molecule has 0 aliphatic carbocycles. The summed E-state index contributed by atoms with van der Waals surface area (Å²) in [4.78, 5) is 4.71. The highest BCUT2D eigenvalue weighted by molar-refractivity contribution is 5.81. The van der Waals surface area contributed by atoms with E-state index in [9.17, 15) is 4.39 Å². The lowest BCUT2D eigenvalue weighted by atomic mass is 10.2. The van der Waals surface area contributed by atoms with Crippen LogP contribution in [0.1, 0.15) is 30.8 Å². The molecule has 1 unspecified atom stereocenters. The molecule has 5 nitrogen and oxygen atoms in total. The van der Waals surface area contributed by atoms with Crippen molar-refractivity contribution in [3.63, 3.8) is 0 Å². The number of hydrogen-bond donors (Lipinski definition) is 1. The van der Waals surface area contributed by atoms with Crippen molar-refractivity contribution >= 4 is 11.0 Å². The average Bonchev–Trinajstić information content (AvgIpc) is 2.99. The highest BCUT2D eigenvalue weighted by Crippen LogP contribution is 2.33. The minimum atomic E-state index is -0.254. The van der Waals surface area contributed by atoms with Crippen LogP contribution in [-0.2, 0) is 6.54 Å². The molecule has 0 fully saturated rings. The van der Waals surface area contributed by atoms with Gasteiger partial charge in [0.1, 0.15) is 11.6 Å². The summed E-state index contributed by atoms with van der Waals surface area (Å²) in [6, 6.07) is 10.0. The topological polar surface area (TPSA) is 62.3 Å². The van der Waals surface area contributed by atoms with E-state index in [1.54, 1.807) is 26.4 Å². The zero-order chi connectivity index (χ0) is 18.0. The minimum absolute atomic E-state index is 0.190. The van der Waals surface area contributed by atoms with Gasteiger partial charge in [0, 0.05) is 18.7 Å². The molecule has 3 rings (SSSR count). The number of imidazole rings is 1. The van der Waals surface area contributed by atoms with Crippen molar-refractivity contribution in [2.75, 3.05) is 14.2 Å². The fraction of sp³-hybridized carbons (Fsp3) is 0.316. The fourth-order valence-electron chi connectivity index (χ4n) is 2.87. The van der Waals surface area contributed by atoms with Gasteiger partial charge in [-0.05, 0) is 24.1 Å². The molecule has 132 valence electrons. The third-order valence-electron chi connectivity index (χ3n) is 4.31. The van der Waals surface area contributed by atoms with Crippen LogP contribution < -0.4 is 15.2 Å². The maximum atomic E-state index is 13.2. The van der Waals surface area contributed by atoms with E-state index < -0.39 is 0 Å². The number of nitrogens with zero attached hydrogens (tertiary/aromatic N) is 2. The number of benzene rings is 2. The molecule has 1 aromatic heterocycles. The third-order valence-corrected chi connectivity index (χ3v) is 4.31. The van der Waals surface area contributed by atoms with Crippen molar-refractivity contribution < 1.29 is 13.9 Å². The number of ether oxygens (including phenoxy) is 2. The SMILES string of the molecule is CCC(N)c1nc2cc(OC)c(OC)cc2n1Cc1ccc(F)cc1. The minimum Gasteiger partial charge on any atom is -0.493 e. The van der Waals surface area contributed by atoms with E-state index in [1.165, 1.54) is 12.1 Å². The van der Waals surface area contributed by atoms with E-state index >= 15 is 0 Å². The second-order valence-corrected chi connectivity index (χ2v) is 5.89. The lowest BCUT2D eigenvalue weighted by Crippen LogP contribution is -2.16. The van der Waals surface area contributed by atoms with Gasteiger partial charge in [0.2, 0.25) is 0 Å². The monoisotopic (exact) mass is 343 g/mol. The van der Waals surface area contributed by atoms with Crippen LogP contribution in [0.3, 0.4) is 0 Å². The molecule has 25 heavy (non-hydrogen) atoms. The van der Waals surface area contributed by atoms with E-state index in [4.69, 9.17) is 20.2 Å². The Bertz CT molecular complexity index is 875. The van der Waals surface area contributed by atoms with Crippen LogP contribution in [0.4, 0.5) is 4.39 Å². The van der Waals surface area contributed by atoms with E-state index in [0.29, 0.717) is 18.0 Å². The summed E-state index contributed by atoms with van der Waals surface area (Å²) in [5.74, 6) is 1.79. The Morgan fingerprint density at radius 3 is 2.36 bits per heavy atom. The molecule has 0 radical (unpaired) electrons. The molecular weight excluding hydrogens is 321 g/mol. The normalized spacial score (nSPS) is 12.4. The number of rotatable bonds is 6. The molecule has 1 atom stereocenters. The Labute approximate surface area is 146 Å². The maximum Gasteiger partial charge on any atom is 0.163 e. The molecule has 1 heterocycles. The van der Waals surface area contributed by atoms with Crippen LogP contribution in [0.2, 0.25) is 0 Å². The Morgan fingerprint density at radius 1 is 1.12 bits per heavy atom. The summed E-state index contributed by atoms with van der Waals surface area (Å²) in [6.07, 6.45) is 0.765. The predicted molar refractivity (Wildman–Crippen MR) is 95.6 cm³/mol. The van der Waals surface area contributed by atoms with Gasteiger partial charge in [-0.15, -0.1) is 0 Å². The van der Waals surface area contributed by atoms with Crippen LogP contribution in [0.15, 0.2) is 36.4 Å². The van der Waals surface area contributed by atoms with Gasteiger partial charge in [-0.1, -0.05) is 19.1 Å². The lowest BCUT2D eigenvalue weighted by Gasteiger charge is -2.14. The van der Waals surface area contributed by atoms with E-state index in [0.717, 1.165) is 28.8 Å². The first-order valence-electron chi connectivity index (χ1n) is 8.19. The van der Waals surface area contributed by atoms with Crippen molar-refractivity contribution in [3.8, 4) is 11.5 Å². The quantitative estimate of drug-likeness (QED) is 0.742. The molecule has 6 heteroatoms. The van der Waals surface area contributed by atoms with E-state index in [-0.39, 0.29) is 11.9 Å². The van der Waals surface area contributed by atoms with Gasteiger partial charge in [-0.3, -0.25) is 0 Å². The summed E-state index contributed by atoms with van der Waals surface area (Å²) >= 11 is 0. The van der Waals surface area contributed by atoms with Gasteiger partial charge in [-0.2, -0.15) is 0 Å². The molecule has 0 aliphatic heterocycles. The molecule has 2 aromatic carbocycles.